The number of hydrogen-bond acceptors (Lipinski definition) is 6. The third-order valence-electron chi connectivity index (χ3n) is 4.25. The number of imide groups is 1. The highest BCUT2D eigenvalue weighted by Gasteiger charge is 2.49. The Labute approximate surface area is 156 Å². The Kier molecular flexibility index (Phi) is 6.13. The molecule has 0 saturated carbocycles. The van der Waals surface area contributed by atoms with E-state index < -0.39 is 42.5 Å². The van der Waals surface area contributed by atoms with E-state index >= 15 is 0 Å². The molecule has 2 rings (SSSR count). The van der Waals surface area contributed by atoms with Crippen LogP contribution in [0.25, 0.3) is 0 Å². The van der Waals surface area contributed by atoms with E-state index in [0.717, 1.165) is 4.90 Å². The van der Waals surface area contributed by atoms with E-state index in [1.54, 1.807) is 37.3 Å². The second-order valence-electron chi connectivity index (χ2n) is 6.20. The minimum Gasteiger partial charge on any atom is -0.454 e. The number of urea groups is 1. The molecule has 1 fully saturated rings. The summed E-state index contributed by atoms with van der Waals surface area (Å²) in [4.78, 5) is 50.6. The largest absolute Gasteiger partial charge is 0.454 e. The summed E-state index contributed by atoms with van der Waals surface area (Å²) in [5.41, 5.74) is -0.681. The molecule has 1 atom stereocenters. The summed E-state index contributed by atoms with van der Waals surface area (Å²) in [7, 11) is 1.48. The number of amides is 4. The minimum atomic E-state index is -1.27. The van der Waals surface area contributed by atoms with E-state index in [1.807, 2.05) is 6.07 Å². The normalized spacial score (nSPS) is 18.6. The van der Waals surface area contributed by atoms with Gasteiger partial charge in [-0.1, -0.05) is 30.3 Å². The van der Waals surface area contributed by atoms with Gasteiger partial charge in [-0.25, -0.2) is 4.79 Å². The van der Waals surface area contributed by atoms with Crippen LogP contribution in [-0.2, 0) is 24.7 Å². The van der Waals surface area contributed by atoms with E-state index in [4.69, 9.17) is 10.00 Å². The lowest BCUT2D eigenvalue weighted by atomic mass is 9.92. The Balaban J connectivity index is 1.94. The second kappa shape index (κ2) is 8.31. The number of benzene rings is 1. The predicted octanol–water partition coefficient (Wildman–Crippen LogP) is 0.369. The zero-order valence-corrected chi connectivity index (χ0v) is 15.1. The molecule has 0 unspecified atom stereocenters. The predicted molar refractivity (Wildman–Crippen MR) is 92.9 cm³/mol. The molecular weight excluding hydrogens is 352 g/mol. The number of nitriles is 1. The Morgan fingerprint density at radius 1 is 1.30 bits per heavy atom. The van der Waals surface area contributed by atoms with Crippen molar-refractivity contribution in [2.24, 2.45) is 0 Å². The molecule has 1 saturated heterocycles. The van der Waals surface area contributed by atoms with Crippen LogP contribution in [0.5, 0.6) is 0 Å². The van der Waals surface area contributed by atoms with Gasteiger partial charge in [0.1, 0.15) is 12.1 Å². The van der Waals surface area contributed by atoms with Crippen LogP contribution in [-0.4, -0.2) is 60.4 Å². The van der Waals surface area contributed by atoms with E-state index in [1.165, 1.54) is 11.9 Å². The smallest absolute Gasteiger partial charge is 0.326 e. The lowest BCUT2D eigenvalue weighted by Gasteiger charge is -2.22. The first-order chi connectivity index (χ1) is 12.8. The molecule has 0 radical (unpaired) electrons. The summed E-state index contributed by atoms with van der Waals surface area (Å²) in [6.45, 7) is 0.652. The average Bonchev–Trinajstić information content (AvgIpc) is 2.88. The summed E-state index contributed by atoms with van der Waals surface area (Å²) >= 11 is 0. The SMILES string of the molecule is CN(CCC#N)C(=O)COC(=O)CN1C(=O)N[C@@](C)(c2ccccc2)C1=O. The van der Waals surface area contributed by atoms with Gasteiger partial charge in [-0.3, -0.25) is 19.3 Å². The summed E-state index contributed by atoms with van der Waals surface area (Å²) < 4.78 is 4.85. The van der Waals surface area contributed by atoms with E-state index in [9.17, 15) is 19.2 Å². The standard InChI is InChI=1S/C18H20N4O5/c1-18(13-7-4-3-5-8-13)16(25)22(17(26)20-18)11-15(24)27-12-14(23)21(2)10-6-9-19/h3-5,7-8H,6,10-12H2,1-2H3,(H,20,26)/t18-/m0/s1. The van der Waals surface area contributed by atoms with Gasteiger partial charge in [0.25, 0.3) is 11.8 Å². The molecule has 27 heavy (non-hydrogen) atoms. The van der Waals surface area contributed by atoms with Crippen LogP contribution < -0.4 is 5.32 Å². The molecule has 1 N–H and O–H groups in total. The number of nitrogens with one attached hydrogen (secondary N) is 1. The zero-order chi connectivity index (χ0) is 20.0. The first-order valence-corrected chi connectivity index (χ1v) is 8.25. The van der Waals surface area contributed by atoms with Crippen molar-refractivity contribution in [2.45, 2.75) is 18.9 Å². The van der Waals surface area contributed by atoms with E-state index in [0.29, 0.717) is 5.56 Å². The van der Waals surface area contributed by atoms with Crippen LogP contribution in [0.4, 0.5) is 4.79 Å². The molecule has 142 valence electrons. The number of carbonyl (C=O) groups excluding carboxylic acids is 4. The van der Waals surface area contributed by atoms with Crippen molar-refractivity contribution in [3.05, 3.63) is 35.9 Å². The van der Waals surface area contributed by atoms with Gasteiger partial charge in [0.15, 0.2) is 6.61 Å². The topological polar surface area (TPSA) is 120 Å². The molecule has 1 aliphatic rings. The number of rotatable bonds is 7. The van der Waals surface area contributed by atoms with E-state index in [-0.39, 0.29) is 13.0 Å². The maximum absolute atomic E-state index is 12.7. The quantitative estimate of drug-likeness (QED) is 0.545. The Morgan fingerprint density at radius 2 is 1.96 bits per heavy atom. The molecule has 9 nitrogen and oxygen atoms in total. The van der Waals surface area contributed by atoms with Crippen LogP contribution in [0, 0.1) is 11.3 Å². The molecule has 0 aromatic heterocycles. The van der Waals surface area contributed by atoms with Crippen LogP contribution in [0.2, 0.25) is 0 Å². The maximum Gasteiger partial charge on any atom is 0.326 e. The highest BCUT2D eigenvalue weighted by molar-refractivity contribution is 6.08. The number of ether oxygens (including phenoxy) is 1. The van der Waals surface area contributed by atoms with Gasteiger partial charge in [-0.15, -0.1) is 0 Å². The van der Waals surface area contributed by atoms with Gasteiger partial charge in [0.2, 0.25) is 0 Å². The monoisotopic (exact) mass is 372 g/mol. The van der Waals surface area contributed by atoms with E-state index in [2.05, 4.69) is 5.32 Å². The van der Waals surface area contributed by atoms with Gasteiger partial charge in [-0.2, -0.15) is 5.26 Å². The molecule has 1 heterocycles. The average molecular weight is 372 g/mol. The van der Waals surface area contributed by atoms with Crippen LogP contribution in [0.1, 0.15) is 18.9 Å². The fraction of sp³-hybridized carbons (Fsp3) is 0.389. The van der Waals surface area contributed by atoms with Crippen molar-refractivity contribution < 1.29 is 23.9 Å². The fourth-order valence-electron chi connectivity index (χ4n) is 2.58. The number of hydrogen-bond donors (Lipinski definition) is 1. The van der Waals surface area contributed by atoms with Crippen molar-refractivity contribution in [1.29, 1.82) is 5.26 Å². The first kappa shape index (κ1) is 19.9. The number of carbonyl (C=O) groups is 4. The van der Waals surface area contributed by atoms with Crippen molar-refractivity contribution in [3.63, 3.8) is 0 Å². The molecule has 0 aliphatic carbocycles. The van der Waals surface area contributed by atoms with Crippen molar-refractivity contribution >= 4 is 23.8 Å². The second-order valence-corrected chi connectivity index (χ2v) is 6.20. The minimum absolute atomic E-state index is 0.163. The lowest BCUT2D eigenvalue weighted by Crippen LogP contribution is -2.42. The van der Waals surface area contributed by atoms with Crippen molar-refractivity contribution in [1.82, 2.24) is 15.1 Å². The van der Waals surface area contributed by atoms with Gasteiger partial charge >= 0.3 is 12.0 Å². The Morgan fingerprint density at radius 3 is 2.59 bits per heavy atom. The summed E-state index contributed by atoms with van der Waals surface area (Å²) in [5, 5.41) is 11.1. The summed E-state index contributed by atoms with van der Waals surface area (Å²) in [6, 6.07) is 9.88. The molecular formula is C18H20N4O5. The van der Waals surface area contributed by atoms with Gasteiger partial charge in [0, 0.05) is 13.6 Å². The third-order valence-corrected chi connectivity index (χ3v) is 4.25. The third kappa shape index (κ3) is 4.41. The fourth-order valence-corrected chi connectivity index (χ4v) is 2.58. The first-order valence-electron chi connectivity index (χ1n) is 8.25. The van der Waals surface area contributed by atoms with Gasteiger partial charge in [0.05, 0.1) is 12.5 Å². The molecule has 1 aromatic carbocycles. The molecule has 1 aliphatic heterocycles. The van der Waals surface area contributed by atoms with Crippen LogP contribution >= 0.6 is 0 Å². The molecule has 9 heteroatoms. The maximum atomic E-state index is 12.7. The van der Waals surface area contributed by atoms with Crippen molar-refractivity contribution in [2.75, 3.05) is 26.7 Å². The van der Waals surface area contributed by atoms with Crippen LogP contribution in [0.15, 0.2) is 30.3 Å². The highest BCUT2D eigenvalue weighted by atomic mass is 16.5. The molecule has 1 aromatic rings. The molecule has 0 spiro atoms. The van der Waals surface area contributed by atoms with Gasteiger partial charge in [-0.05, 0) is 12.5 Å². The van der Waals surface area contributed by atoms with Crippen molar-refractivity contribution in [3.8, 4) is 6.07 Å². The molecule has 4 amide bonds. The summed E-state index contributed by atoms with van der Waals surface area (Å²) in [6.07, 6.45) is 0.163. The summed E-state index contributed by atoms with van der Waals surface area (Å²) in [5.74, 6) is -1.93. The lowest BCUT2D eigenvalue weighted by molar-refractivity contribution is -0.153. The zero-order valence-electron chi connectivity index (χ0n) is 15.1. The Hall–Kier alpha value is -3.41. The molecule has 0 bridgehead atoms. The number of esters is 1. The highest BCUT2D eigenvalue weighted by Crippen LogP contribution is 2.28. The number of nitrogens with zero attached hydrogens (tertiary/aromatic N) is 3. The number of likely N-dealkylation sites (N-methyl/N-ethyl adjacent to an activating group) is 1. The van der Waals surface area contributed by atoms with Gasteiger partial charge < -0.3 is 15.0 Å². The van der Waals surface area contributed by atoms with Crippen LogP contribution in [0.3, 0.4) is 0 Å². The Bertz CT molecular complexity index is 789.